The topological polar surface area (TPSA) is 67.1 Å². The van der Waals surface area contributed by atoms with Crippen molar-refractivity contribution in [2.24, 2.45) is 4.99 Å². The van der Waals surface area contributed by atoms with E-state index in [4.69, 9.17) is 4.99 Å². The number of nitrogens with zero attached hydrogens (tertiary/aromatic N) is 4. The number of benzene rings is 1. The fourth-order valence-electron chi connectivity index (χ4n) is 5.14. The van der Waals surface area contributed by atoms with Crippen LogP contribution in [-0.2, 0) is 24.8 Å². The van der Waals surface area contributed by atoms with E-state index < -0.39 is 0 Å². The summed E-state index contributed by atoms with van der Waals surface area (Å²) >= 11 is 0. The van der Waals surface area contributed by atoms with Gasteiger partial charge >= 0.3 is 0 Å². The van der Waals surface area contributed by atoms with Crippen LogP contribution in [0.2, 0.25) is 0 Å². The molecule has 0 atom stereocenters. The largest absolute Gasteiger partial charge is 0.357 e. The molecule has 0 unspecified atom stereocenters. The lowest BCUT2D eigenvalue weighted by Crippen LogP contribution is -2.39. The molecule has 1 aromatic heterocycles. The standard InChI is InChI=1S/C25H38N6.HI/c1-2-26-24(28-20-25(16-8-9-17-25)21-12-5-3-6-13-21)27-18-11-15-23-30-29-22-14-7-4-10-19-31(22)23;/h3,5-6,12-13H,2,4,7-11,14-20H2,1H3,(H2,26,27,28);1H. The van der Waals surface area contributed by atoms with Crippen molar-refractivity contribution in [1.29, 1.82) is 0 Å². The molecule has 0 saturated heterocycles. The smallest absolute Gasteiger partial charge is 0.191 e. The van der Waals surface area contributed by atoms with Crippen LogP contribution in [-0.4, -0.2) is 40.4 Å². The molecule has 176 valence electrons. The Balaban J connectivity index is 0.00000289. The number of hydrogen-bond acceptors (Lipinski definition) is 3. The molecular weight excluding hydrogens is 511 g/mol. The van der Waals surface area contributed by atoms with Gasteiger partial charge < -0.3 is 15.2 Å². The molecule has 32 heavy (non-hydrogen) atoms. The van der Waals surface area contributed by atoms with Gasteiger partial charge in [0.1, 0.15) is 11.6 Å². The second-order valence-corrected chi connectivity index (χ2v) is 9.07. The third kappa shape index (κ3) is 6.23. The van der Waals surface area contributed by atoms with Crippen LogP contribution in [0.4, 0.5) is 0 Å². The van der Waals surface area contributed by atoms with Gasteiger partial charge in [-0.15, -0.1) is 34.2 Å². The zero-order chi connectivity index (χ0) is 21.4. The number of guanidine groups is 1. The summed E-state index contributed by atoms with van der Waals surface area (Å²) in [7, 11) is 0. The SMILES string of the molecule is CCNC(=NCC1(c2ccccc2)CCCC1)NCCCc1nnc2n1CCCCC2.I. The maximum absolute atomic E-state index is 5.02. The van der Waals surface area contributed by atoms with Gasteiger partial charge in [0.15, 0.2) is 5.96 Å². The van der Waals surface area contributed by atoms with E-state index in [1.807, 2.05) is 0 Å². The van der Waals surface area contributed by atoms with Gasteiger partial charge in [-0.05, 0) is 44.6 Å². The normalized spacial score (nSPS) is 17.8. The Morgan fingerprint density at radius 2 is 1.84 bits per heavy atom. The second kappa shape index (κ2) is 12.6. The zero-order valence-corrected chi connectivity index (χ0v) is 21.8. The maximum atomic E-state index is 5.02. The Bertz CT molecular complexity index is 841. The first-order valence-electron chi connectivity index (χ1n) is 12.3. The molecule has 0 bridgehead atoms. The first-order valence-corrected chi connectivity index (χ1v) is 12.3. The number of fused-ring (bicyclic) bond motifs is 1. The Morgan fingerprint density at radius 3 is 2.62 bits per heavy atom. The van der Waals surface area contributed by atoms with Crippen LogP contribution in [0.25, 0.3) is 0 Å². The van der Waals surface area contributed by atoms with Crippen molar-refractivity contribution < 1.29 is 0 Å². The molecule has 1 saturated carbocycles. The summed E-state index contributed by atoms with van der Waals surface area (Å²) in [5, 5.41) is 15.9. The quantitative estimate of drug-likeness (QED) is 0.218. The number of nitrogens with one attached hydrogen (secondary N) is 2. The lowest BCUT2D eigenvalue weighted by atomic mass is 9.79. The molecule has 2 heterocycles. The Kier molecular flexibility index (Phi) is 9.81. The molecule has 1 aliphatic heterocycles. The van der Waals surface area contributed by atoms with Crippen LogP contribution in [0.5, 0.6) is 0 Å². The van der Waals surface area contributed by atoms with Crippen LogP contribution >= 0.6 is 24.0 Å². The van der Waals surface area contributed by atoms with Crippen LogP contribution in [0, 0.1) is 0 Å². The van der Waals surface area contributed by atoms with Crippen molar-refractivity contribution in [3.05, 3.63) is 47.5 Å². The number of halogens is 1. The number of aliphatic imine (C=N–C) groups is 1. The van der Waals surface area contributed by atoms with E-state index in [9.17, 15) is 0 Å². The van der Waals surface area contributed by atoms with E-state index in [0.717, 1.165) is 57.2 Å². The summed E-state index contributed by atoms with van der Waals surface area (Å²) < 4.78 is 2.36. The van der Waals surface area contributed by atoms with Crippen LogP contribution in [0.1, 0.15) is 75.5 Å². The molecule has 0 amide bonds. The Hall–Kier alpha value is -1.64. The first-order chi connectivity index (χ1) is 15.3. The molecule has 2 N–H and O–H groups in total. The van der Waals surface area contributed by atoms with E-state index in [0.29, 0.717) is 0 Å². The van der Waals surface area contributed by atoms with Crippen molar-refractivity contribution in [3.8, 4) is 0 Å². The van der Waals surface area contributed by atoms with Crippen LogP contribution in [0.3, 0.4) is 0 Å². The highest BCUT2D eigenvalue weighted by molar-refractivity contribution is 14.0. The van der Waals surface area contributed by atoms with E-state index in [2.05, 4.69) is 62.7 Å². The molecule has 1 aromatic carbocycles. The lowest BCUT2D eigenvalue weighted by Gasteiger charge is -2.28. The number of hydrogen-bond donors (Lipinski definition) is 2. The van der Waals surface area contributed by atoms with Gasteiger partial charge in [0.2, 0.25) is 0 Å². The molecule has 1 aliphatic carbocycles. The molecule has 0 spiro atoms. The second-order valence-electron chi connectivity index (χ2n) is 9.07. The minimum atomic E-state index is 0. The fourth-order valence-corrected chi connectivity index (χ4v) is 5.14. The van der Waals surface area contributed by atoms with Gasteiger partial charge in [-0.25, -0.2) is 0 Å². The third-order valence-corrected chi connectivity index (χ3v) is 6.89. The van der Waals surface area contributed by atoms with Crippen molar-refractivity contribution in [3.63, 3.8) is 0 Å². The maximum Gasteiger partial charge on any atom is 0.191 e. The van der Waals surface area contributed by atoms with Crippen LogP contribution in [0.15, 0.2) is 35.3 Å². The highest BCUT2D eigenvalue weighted by atomic mass is 127. The van der Waals surface area contributed by atoms with Crippen molar-refractivity contribution >= 4 is 29.9 Å². The summed E-state index contributed by atoms with van der Waals surface area (Å²) in [5.41, 5.74) is 1.64. The first kappa shape index (κ1) is 25.0. The molecule has 0 radical (unpaired) electrons. The minimum Gasteiger partial charge on any atom is -0.357 e. The number of aromatic nitrogens is 3. The van der Waals surface area contributed by atoms with Gasteiger partial charge in [-0.3, -0.25) is 4.99 Å². The molecule has 1 fully saturated rings. The zero-order valence-electron chi connectivity index (χ0n) is 19.5. The Morgan fingerprint density at radius 1 is 1.03 bits per heavy atom. The molecular formula is C25H39IN6. The minimum absolute atomic E-state index is 0. The van der Waals surface area contributed by atoms with Gasteiger partial charge in [0.25, 0.3) is 0 Å². The average Bonchev–Trinajstić information content (AvgIpc) is 3.37. The van der Waals surface area contributed by atoms with E-state index in [-0.39, 0.29) is 29.4 Å². The van der Waals surface area contributed by atoms with E-state index in [1.165, 1.54) is 56.3 Å². The summed E-state index contributed by atoms with van der Waals surface area (Å²) in [6, 6.07) is 11.0. The fraction of sp³-hybridized carbons (Fsp3) is 0.640. The van der Waals surface area contributed by atoms with Crippen molar-refractivity contribution in [2.45, 2.75) is 83.1 Å². The molecule has 7 heteroatoms. The highest BCUT2D eigenvalue weighted by Crippen LogP contribution is 2.41. The average molecular weight is 551 g/mol. The van der Waals surface area contributed by atoms with E-state index >= 15 is 0 Å². The summed E-state index contributed by atoms with van der Waals surface area (Å²) in [4.78, 5) is 5.02. The summed E-state index contributed by atoms with van der Waals surface area (Å²) in [6.45, 7) is 5.83. The molecule has 2 aliphatic rings. The third-order valence-electron chi connectivity index (χ3n) is 6.89. The predicted molar refractivity (Wildman–Crippen MR) is 142 cm³/mol. The Labute approximate surface area is 210 Å². The van der Waals surface area contributed by atoms with Gasteiger partial charge in [-0.2, -0.15) is 0 Å². The van der Waals surface area contributed by atoms with Crippen molar-refractivity contribution in [2.75, 3.05) is 19.6 Å². The van der Waals surface area contributed by atoms with E-state index in [1.54, 1.807) is 0 Å². The van der Waals surface area contributed by atoms with Gasteiger partial charge in [-0.1, -0.05) is 49.6 Å². The van der Waals surface area contributed by atoms with Gasteiger partial charge in [0.05, 0.1) is 6.54 Å². The monoisotopic (exact) mass is 550 g/mol. The predicted octanol–water partition coefficient (Wildman–Crippen LogP) is 4.62. The number of aryl methyl sites for hydroxylation is 2. The summed E-state index contributed by atoms with van der Waals surface area (Å²) in [5.74, 6) is 3.26. The summed E-state index contributed by atoms with van der Waals surface area (Å²) in [6.07, 6.45) is 11.9. The molecule has 2 aromatic rings. The van der Waals surface area contributed by atoms with Gasteiger partial charge in [0, 0.05) is 37.9 Å². The highest BCUT2D eigenvalue weighted by Gasteiger charge is 2.35. The van der Waals surface area contributed by atoms with Crippen LogP contribution < -0.4 is 10.6 Å². The lowest BCUT2D eigenvalue weighted by molar-refractivity contribution is 0.452. The van der Waals surface area contributed by atoms with Crippen molar-refractivity contribution in [1.82, 2.24) is 25.4 Å². The number of rotatable bonds is 8. The molecule has 6 nitrogen and oxygen atoms in total. The molecule has 4 rings (SSSR count).